The highest BCUT2D eigenvalue weighted by atomic mass is 16.4. The van der Waals surface area contributed by atoms with E-state index < -0.39 is 12.0 Å². The first kappa shape index (κ1) is 17.1. The van der Waals surface area contributed by atoms with Crippen LogP contribution in [0.4, 0.5) is 5.69 Å². The number of hydrogen-bond donors (Lipinski definition) is 1. The van der Waals surface area contributed by atoms with Gasteiger partial charge in [-0.3, -0.25) is 9.59 Å². The molecule has 1 aromatic carbocycles. The van der Waals surface area contributed by atoms with Crippen molar-refractivity contribution in [2.24, 2.45) is 5.10 Å². The van der Waals surface area contributed by atoms with Crippen LogP contribution in [0.15, 0.2) is 23.3 Å². The lowest BCUT2D eigenvalue weighted by Gasteiger charge is -2.27. The Bertz CT molecular complexity index is 772. The molecule has 0 unspecified atom stereocenters. The molecule has 0 spiro atoms. The molecular weight excluding hydrogens is 322 g/mol. The van der Waals surface area contributed by atoms with Crippen LogP contribution >= 0.6 is 0 Å². The number of rotatable bonds is 3. The average molecular weight is 343 g/mol. The summed E-state index contributed by atoms with van der Waals surface area (Å²) in [6.07, 6.45) is 1.54. The molecule has 2 amide bonds. The Hall–Kier alpha value is -2.70. The highest BCUT2D eigenvalue weighted by Crippen LogP contribution is 2.26. The molecule has 0 saturated carbocycles. The Kier molecular flexibility index (Phi) is 4.57. The molecule has 1 aromatic rings. The zero-order chi connectivity index (χ0) is 18.1. The number of aliphatic carboxylic acids is 1. The summed E-state index contributed by atoms with van der Waals surface area (Å²) < 4.78 is 0. The minimum atomic E-state index is -0.996. The van der Waals surface area contributed by atoms with Gasteiger partial charge in [-0.25, -0.2) is 9.80 Å². The van der Waals surface area contributed by atoms with Crippen molar-refractivity contribution < 1.29 is 19.5 Å². The second-order valence-corrected chi connectivity index (χ2v) is 6.54. The maximum absolute atomic E-state index is 12.7. The van der Waals surface area contributed by atoms with Crippen molar-refractivity contribution in [2.75, 3.05) is 11.6 Å². The summed E-state index contributed by atoms with van der Waals surface area (Å²) in [7, 11) is 0. The number of likely N-dealkylation sites (tertiary alicyclic amines) is 1. The largest absolute Gasteiger partial charge is 0.480 e. The third kappa shape index (κ3) is 3.26. The van der Waals surface area contributed by atoms with Crippen LogP contribution in [0.1, 0.15) is 36.8 Å². The smallest absolute Gasteiger partial charge is 0.326 e. The van der Waals surface area contributed by atoms with Gasteiger partial charge in [-0.1, -0.05) is 12.1 Å². The summed E-state index contributed by atoms with van der Waals surface area (Å²) in [4.78, 5) is 37.7. The minimum absolute atomic E-state index is 0.165. The summed E-state index contributed by atoms with van der Waals surface area (Å²) in [5.41, 5.74) is 2.79. The molecule has 1 atom stereocenters. The fourth-order valence-corrected chi connectivity index (χ4v) is 3.28. The number of amides is 2. The number of benzene rings is 1. The van der Waals surface area contributed by atoms with Gasteiger partial charge in [0.2, 0.25) is 5.91 Å². The molecule has 1 saturated heterocycles. The van der Waals surface area contributed by atoms with Crippen LogP contribution in [0.5, 0.6) is 0 Å². The van der Waals surface area contributed by atoms with E-state index in [0.29, 0.717) is 25.1 Å². The Morgan fingerprint density at radius 3 is 2.72 bits per heavy atom. The highest BCUT2D eigenvalue weighted by Gasteiger charge is 2.37. The second-order valence-electron chi connectivity index (χ2n) is 6.54. The highest BCUT2D eigenvalue weighted by molar-refractivity contribution is 6.40. The first-order valence-corrected chi connectivity index (χ1v) is 8.40. The Balaban J connectivity index is 1.92. The standard InChI is InChI=1S/C18H21N3O4/c1-11-5-6-12(2)15(10-11)21-16(22)8-7-13(19-21)17(23)20-9-3-4-14(20)18(24)25/h5-6,10,14H,3-4,7-9H2,1-2H3,(H,24,25)/t14-/m1/s1. The summed E-state index contributed by atoms with van der Waals surface area (Å²) in [6.45, 7) is 4.22. The van der Waals surface area contributed by atoms with Crippen molar-refractivity contribution in [2.45, 2.75) is 45.6 Å². The van der Waals surface area contributed by atoms with E-state index in [2.05, 4.69) is 5.10 Å². The predicted octanol–water partition coefficient (Wildman–Crippen LogP) is 1.86. The van der Waals surface area contributed by atoms with Gasteiger partial charge < -0.3 is 10.0 Å². The van der Waals surface area contributed by atoms with E-state index in [9.17, 15) is 19.5 Å². The van der Waals surface area contributed by atoms with Crippen LogP contribution in [-0.4, -0.2) is 46.1 Å². The number of carboxylic acid groups (broad SMARTS) is 1. The van der Waals surface area contributed by atoms with E-state index in [-0.39, 0.29) is 30.4 Å². The molecule has 2 aliphatic rings. The molecule has 3 rings (SSSR count). The van der Waals surface area contributed by atoms with Crippen molar-refractivity contribution in [3.8, 4) is 0 Å². The summed E-state index contributed by atoms with van der Waals surface area (Å²) in [5.74, 6) is -1.54. The van der Waals surface area contributed by atoms with Crippen molar-refractivity contribution in [1.82, 2.24) is 4.90 Å². The number of carboxylic acids is 1. The number of hydrogen-bond acceptors (Lipinski definition) is 4. The number of carbonyl (C=O) groups is 3. The van der Waals surface area contributed by atoms with Crippen molar-refractivity contribution in [3.05, 3.63) is 29.3 Å². The van der Waals surface area contributed by atoms with Gasteiger partial charge in [-0.2, -0.15) is 5.10 Å². The van der Waals surface area contributed by atoms with Crippen molar-refractivity contribution >= 4 is 29.2 Å². The van der Waals surface area contributed by atoms with E-state index >= 15 is 0 Å². The van der Waals surface area contributed by atoms with Gasteiger partial charge in [0.25, 0.3) is 5.91 Å². The molecule has 1 fully saturated rings. The summed E-state index contributed by atoms with van der Waals surface area (Å²) >= 11 is 0. The van der Waals surface area contributed by atoms with E-state index in [1.165, 1.54) is 9.91 Å². The van der Waals surface area contributed by atoms with Gasteiger partial charge >= 0.3 is 5.97 Å². The maximum atomic E-state index is 12.7. The van der Waals surface area contributed by atoms with Gasteiger partial charge in [0.15, 0.2) is 0 Å². The monoisotopic (exact) mass is 343 g/mol. The number of aryl methyl sites for hydroxylation is 2. The molecule has 0 aromatic heterocycles. The van der Waals surface area contributed by atoms with Crippen molar-refractivity contribution in [1.29, 1.82) is 0 Å². The summed E-state index contributed by atoms with van der Waals surface area (Å²) in [5, 5.41) is 14.8. The fraction of sp³-hybridized carbons (Fsp3) is 0.444. The molecule has 2 aliphatic heterocycles. The number of nitrogens with zero attached hydrogens (tertiary/aromatic N) is 3. The maximum Gasteiger partial charge on any atom is 0.326 e. The van der Waals surface area contributed by atoms with E-state index in [4.69, 9.17) is 0 Å². The molecule has 132 valence electrons. The lowest BCUT2D eigenvalue weighted by Crippen LogP contribution is -2.46. The lowest BCUT2D eigenvalue weighted by molar-refractivity contribution is -0.146. The van der Waals surface area contributed by atoms with Crippen LogP contribution in [0, 0.1) is 13.8 Å². The average Bonchev–Trinajstić information content (AvgIpc) is 3.07. The van der Waals surface area contributed by atoms with Crippen molar-refractivity contribution in [3.63, 3.8) is 0 Å². The Morgan fingerprint density at radius 2 is 2.00 bits per heavy atom. The first-order chi connectivity index (χ1) is 11.9. The van der Waals surface area contributed by atoms with Gasteiger partial charge in [0.05, 0.1) is 5.69 Å². The van der Waals surface area contributed by atoms with Crippen LogP contribution in [0.3, 0.4) is 0 Å². The van der Waals surface area contributed by atoms with Gasteiger partial charge in [-0.15, -0.1) is 0 Å². The van der Waals surface area contributed by atoms with Gasteiger partial charge in [-0.05, 0) is 43.9 Å². The molecule has 1 N–H and O–H groups in total. The molecule has 0 aliphatic carbocycles. The molecule has 0 radical (unpaired) electrons. The zero-order valence-electron chi connectivity index (χ0n) is 14.4. The van der Waals surface area contributed by atoms with E-state index in [1.54, 1.807) is 0 Å². The zero-order valence-corrected chi connectivity index (χ0v) is 14.4. The second kappa shape index (κ2) is 6.66. The SMILES string of the molecule is Cc1ccc(C)c(N2N=C(C(=O)N3CCC[C@@H]3C(=O)O)CCC2=O)c1. The third-order valence-corrected chi connectivity index (χ3v) is 4.67. The molecule has 25 heavy (non-hydrogen) atoms. The lowest BCUT2D eigenvalue weighted by atomic mass is 10.1. The van der Waals surface area contributed by atoms with Gasteiger partial charge in [0.1, 0.15) is 11.8 Å². The van der Waals surface area contributed by atoms with Gasteiger partial charge in [0, 0.05) is 19.4 Å². The van der Waals surface area contributed by atoms with E-state index in [1.807, 2.05) is 32.0 Å². The van der Waals surface area contributed by atoms with Crippen LogP contribution < -0.4 is 5.01 Å². The number of carbonyl (C=O) groups excluding carboxylic acids is 2. The predicted molar refractivity (Wildman–Crippen MR) is 92.4 cm³/mol. The quantitative estimate of drug-likeness (QED) is 0.907. The Labute approximate surface area is 145 Å². The van der Waals surface area contributed by atoms with Crippen LogP contribution in [-0.2, 0) is 14.4 Å². The van der Waals surface area contributed by atoms with Crippen LogP contribution in [0.2, 0.25) is 0 Å². The first-order valence-electron chi connectivity index (χ1n) is 8.40. The molecule has 7 nitrogen and oxygen atoms in total. The molecule has 7 heteroatoms. The van der Waals surface area contributed by atoms with Crippen LogP contribution in [0.25, 0.3) is 0 Å². The molecule has 2 heterocycles. The topological polar surface area (TPSA) is 90.3 Å². The minimum Gasteiger partial charge on any atom is -0.480 e. The third-order valence-electron chi connectivity index (χ3n) is 4.67. The number of anilines is 1. The van der Waals surface area contributed by atoms with E-state index in [0.717, 1.165) is 11.1 Å². The fourth-order valence-electron chi connectivity index (χ4n) is 3.28. The summed E-state index contributed by atoms with van der Waals surface area (Å²) in [6, 6.07) is 4.91. The number of hydrazone groups is 1. The Morgan fingerprint density at radius 1 is 1.24 bits per heavy atom. The molecular formula is C18H21N3O4. The normalized spacial score (nSPS) is 20.6. The molecule has 0 bridgehead atoms.